The molecule has 150 valence electrons. The van der Waals surface area contributed by atoms with Crippen LogP contribution in [0.3, 0.4) is 0 Å². The Kier molecular flexibility index (Phi) is 5.84. The largest absolute Gasteiger partial charge is 0.497 e. The van der Waals surface area contributed by atoms with Crippen molar-refractivity contribution in [1.29, 1.82) is 0 Å². The van der Waals surface area contributed by atoms with E-state index in [1.165, 1.54) is 37.4 Å². The summed E-state index contributed by atoms with van der Waals surface area (Å²) in [7, 11) is -2.36. The second kappa shape index (κ2) is 8.32. The first-order valence-corrected chi connectivity index (χ1v) is 10.1. The zero-order chi connectivity index (χ0) is 21.0. The molecule has 3 aromatic rings. The minimum absolute atomic E-state index is 0.0326. The molecule has 0 saturated heterocycles. The maximum atomic E-state index is 13.0. The second-order valence-corrected chi connectivity index (χ2v) is 7.93. The summed E-state index contributed by atoms with van der Waals surface area (Å²) in [6, 6.07) is 16.1. The van der Waals surface area contributed by atoms with E-state index in [2.05, 4.69) is 10.0 Å². The minimum atomic E-state index is -3.88. The van der Waals surface area contributed by atoms with Crippen LogP contribution in [0.2, 0.25) is 0 Å². The number of aryl methyl sites for hydroxylation is 1. The van der Waals surface area contributed by atoms with Gasteiger partial charge in [0.15, 0.2) is 0 Å². The molecule has 0 heterocycles. The van der Waals surface area contributed by atoms with Gasteiger partial charge in [-0.2, -0.15) is 0 Å². The number of methoxy groups -OCH3 is 1. The number of ether oxygens (including phenoxy) is 1. The Morgan fingerprint density at radius 1 is 0.931 bits per heavy atom. The van der Waals surface area contributed by atoms with Gasteiger partial charge in [0.25, 0.3) is 15.9 Å². The number of anilines is 2. The second-order valence-electron chi connectivity index (χ2n) is 6.28. The van der Waals surface area contributed by atoms with Crippen molar-refractivity contribution in [3.05, 3.63) is 83.7 Å². The van der Waals surface area contributed by atoms with Crippen molar-refractivity contribution in [3.8, 4) is 5.75 Å². The molecule has 0 fully saturated rings. The SMILES string of the molecule is COc1ccc(NS(=O)(=O)c2cc(NC(=O)c3ccc(F)cc3)ccc2C)cc1. The quantitative estimate of drug-likeness (QED) is 0.633. The maximum absolute atomic E-state index is 13.0. The molecule has 0 spiro atoms. The van der Waals surface area contributed by atoms with Crippen molar-refractivity contribution in [2.45, 2.75) is 11.8 Å². The summed E-state index contributed by atoms with van der Waals surface area (Å²) >= 11 is 0. The summed E-state index contributed by atoms with van der Waals surface area (Å²) in [5, 5.41) is 2.63. The number of halogens is 1. The fourth-order valence-corrected chi connectivity index (χ4v) is 3.97. The van der Waals surface area contributed by atoms with Crippen molar-refractivity contribution in [1.82, 2.24) is 0 Å². The molecule has 0 aliphatic carbocycles. The van der Waals surface area contributed by atoms with Gasteiger partial charge in [-0.15, -0.1) is 0 Å². The van der Waals surface area contributed by atoms with Crippen LogP contribution >= 0.6 is 0 Å². The zero-order valence-corrected chi connectivity index (χ0v) is 16.6. The summed E-state index contributed by atoms with van der Waals surface area (Å²) in [5.74, 6) is -0.315. The van der Waals surface area contributed by atoms with Crippen LogP contribution in [-0.2, 0) is 10.0 Å². The third kappa shape index (κ3) is 4.91. The normalized spacial score (nSPS) is 11.0. The molecule has 1 amide bonds. The van der Waals surface area contributed by atoms with Gasteiger partial charge in [-0.1, -0.05) is 6.07 Å². The fourth-order valence-electron chi connectivity index (χ4n) is 2.64. The van der Waals surface area contributed by atoms with Crippen LogP contribution in [0.4, 0.5) is 15.8 Å². The van der Waals surface area contributed by atoms with Crippen LogP contribution in [0, 0.1) is 12.7 Å². The van der Waals surface area contributed by atoms with E-state index in [0.717, 1.165) is 0 Å². The number of benzene rings is 3. The van der Waals surface area contributed by atoms with Gasteiger partial charge in [0.05, 0.1) is 12.0 Å². The summed E-state index contributed by atoms with van der Waals surface area (Å²) in [4.78, 5) is 12.3. The standard InChI is InChI=1S/C21H19FN2O4S/c1-14-3-8-18(23-21(25)15-4-6-16(22)7-5-15)13-20(14)29(26,27)24-17-9-11-19(28-2)12-10-17/h3-13,24H,1-2H3,(H,23,25). The average Bonchev–Trinajstić information content (AvgIpc) is 2.70. The van der Waals surface area contributed by atoms with Crippen molar-refractivity contribution < 1.29 is 22.3 Å². The molecule has 0 saturated carbocycles. The Labute approximate surface area is 168 Å². The summed E-state index contributed by atoms with van der Waals surface area (Å²) in [5.41, 5.74) is 1.46. The molecular formula is C21H19FN2O4S. The number of nitrogens with one attached hydrogen (secondary N) is 2. The van der Waals surface area contributed by atoms with Crippen molar-refractivity contribution in [2.24, 2.45) is 0 Å². The lowest BCUT2D eigenvalue weighted by atomic mass is 10.2. The highest BCUT2D eigenvalue weighted by Gasteiger charge is 2.18. The predicted octanol–water partition coefficient (Wildman–Crippen LogP) is 4.20. The van der Waals surface area contributed by atoms with Gasteiger partial charge >= 0.3 is 0 Å². The van der Waals surface area contributed by atoms with Gasteiger partial charge in [-0.25, -0.2) is 12.8 Å². The van der Waals surface area contributed by atoms with Gasteiger partial charge in [-0.3, -0.25) is 9.52 Å². The van der Waals surface area contributed by atoms with Gasteiger partial charge in [0.2, 0.25) is 0 Å². The Bertz CT molecular complexity index is 1130. The van der Waals surface area contributed by atoms with E-state index in [4.69, 9.17) is 4.74 Å². The molecular weight excluding hydrogens is 395 g/mol. The lowest BCUT2D eigenvalue weighted by molar-refractivity contribution is 0.102. The number of sulfonamides is 1. The van der Waals surface area contributed by atoms with Gasteiger partial charge in [-0.05, 0) is 73.2 Å². The fraction of sp³-hybridized carbons (Fsp3) is 0.0952. The van der Waals surface area contributed by atoms with Crippen LogP contribution in [-0.4, -0.2) is 21.4 Å². The van der Waals surface area contributed by atoms with E-state index in [9.17, 15) is 17.6 Å². The third-order valence-corrected chi connectivity index (χ3v) is 5.71. The molecule has 0 unspecified atom stereocenters. The molecule has 0 atom stereocenters. The molecule has 0 aliphatic rings. The Morgan fingerprint density at radius 3 is 2.17 bits per heavy atom. The van der Waals surface area contributed by atoms with Crippen molar-refractivity contribution in [2.75, 3.05) is 17.1 Å². The topological polar surface area (TPSA) is 84.5 Å². The van der Waals surface area contributed by atoms with E-state index in [-0.39, 0.29) is 10.5 Å². The van der Waals surface area contributed by atoms with E-state index >= 15 is 0 Å². The first-order chi connectivity index (χ1) is 13.8. The lowest BCUT2D eigenvalue weighted by Gasteiger charge is -2.13. The Hall–Kier alpha value is -3.39. The molecule has 0 bridgehead atoms. The smallest absolute Gasteiger partial charge is 0.262 e. The van der Waals surface area contributed by atoms with Crippen LogP contribution in [0.15, 0.2) is 71.6 Å². The average molecular weight is 414 g/mol. The van der Waals surface area contributed by atoms with E-state index in [1.807, 2.05) is 0 Å². The number of rotatable bonds is 6. The van der Waals surface area contributed by atoms with E-state index in [0.29, 0.717) is 22.7 Å². The number of carbonyl (C=O) groups excluding carboxylic acids is 1. The molecule has 3 rings (SSSR count). The first kappa shape index (κ1) is 20.3. The van der Waals surface area contributed by atoms with Crippen LogP contribution in [0.25, 0.3) is 0 Å². The number of hydrogen-bond acceptors (Lipinski definition) is 4. The van der Waals surface area contributed by atoms with Crippen molar-refractivity contribution >= 4 is 27.3 Å². The van der Waals surface area contributed by atoms with Crippen molar-refractivity contribution in [3.63, 3.8) is 0 Å². The molecule has 2 N–H and O–H groups in total. The monoisotopic (exact) mass is 414 g/mol. The van der Waals surface area contributed by atoms with Crippen LogP contribution < -0.4 is 14.8 Å². The molecule has 6 nitrogen and oxygen atoms in total. The van der Waals surface area contributed by atoms with Crippen LogP contribution in [0.5, 0.6) is 5.75 Å². The van der Waals surface area contributed by atoms with E-state index < -0.39 is 21.7 Å². The van der Waals surface area contributed by atoms with Gasteiger partial charge < -0.3 is 10.1 Å². The number of carbonyl (C=O) groups is 1. The molecule has 3 aromatic carbocycles. The zero-order valence-electron chi connectivity index (χ0n) is 15.8. The minimum Gasteiger partial charge on any atom is -0.497 e. The molecule has 29 heavy (non-hydrogen) atoms. The summed E-state index contributed by atoms with van der Waals surface area (Å²) in [6.45, 7) is 1.66. The highest BCUT2D eigenvalue weighted by molar-refractivity contribution is 7.92. The third-order valence-electron chi connectivity index (χ3n) is 4.18. The van der Waals surface area contributed by atoms with Crippen LogP contribution in [0.1, 0.15) is 15.9 Å². The highest BCUT2D eigenvalue weighted by atomic mass is 32.2. The number of hydrogen-bond donors (Lipinski definition) is 2. The first-order valence-electron chi connectivity index (χ1n) is 8.63. The van der Waals surface area contributed by atoms with Gasteiger partial charge in [0.1, 0.15) is 11.6 Å². The summed E-state index contributed by atoms with van der Waals surface area (Å²) < 4.78 is 46.2. The Balaban J connectivity index is 1.83. The number of amides is 1. The Morgan fingerprint density at radius 2 is 1.55 bits per heavy atom. The molecule has 0 aliphatic heterocycles. The lowest BCUT2D eigenvalue weighted by Crippen LogP contribution is -2.16. The van der Waals surface area contributed by atoms with Gasteiger partial charge in [0, 0.05) is 16.9 Å². The predicted molar refractivity (Wildman–Crippen MR) is 109 cm³/mol. The molecule has 0 radical (unpaired) electrons. The maximum Gasteiger partial charge on any atom is 0.262 e. The highest BCUT2D eigenvalue weighted by Crippen LogP contribution is 2.24. The molecule has 8 heteroatoms. The van der Waals surface area contributed by atoms with E-state index in [1.54, 1.807) is 43.3 Å². The summed E-state index contributed by atoms with van der Waals surface area (Å²) in [6.07, 6.45) is 0. The molecule has 0 aromatic heterocycles.